The molecule has 0 saturated carbocycles. The zero-order valence-electron chi connectivity index (χ0n) is 16.4. The molecule has 0 aromatic carbocycles. The molecular weight excluding hydrogens is 312 g/mol. The van der Waals surface area contributed by atoms with Gasteiger partial charge in [0.1, 0.15) is 0 Å². The van der Waals surface area contributed by atoms with Gasteiger partial charge in [-0.05, 0) is 32.1 Å². The molecule has 0 rings (SSSR count). The standard InChI is InChI=1S/C21H40N2O2/c1-2-3-4-5-7-10-13-16-19(21(23)25)17-14-11-8-6-9-12-15-18-20(22)24/h16H,2-15,17-18H2,1H3,(H2,22,24)(H2,23,25). The van der Waals surface area contributed by atoms with Crippen molar-refractivity contribution in [1.82, 2.24) is 0 Å². The van der Waals surface area contributed by atoms with E-state index < -0.39 is 0 Å². The molecular formula is C21H40N2O2. The molecule has 0 aromatic rings. The fourth-order valence-corrected chi connectivity index (χ4v) is 3.03. The van der Waals surface area contributed by atoms with Crippen molar-refractivity contribution in [3.05, 3.63) is 11.6 Å². The van der Waals surface area contributed by atoms with Crippen LogP contribution in [0.25, 0.3) is 0 Å². The van der Waals surface area contributed by atoms with Gasteiger partial charge in [0.15, 0.2) is 0 Å². The van der Waals surface area contributed by atoms with Gasteiger partial charge in [0, 0.05) is 12.0 Å². The second-order valence-electron chi connectivity index (χ2n) is 7.09. The molecule has 2 amide bonds. The van der Waals surface area contributed by atoms with E-state index in [9.17, 15) is 9.59 Å². The number of rotatable bonds is 18. The van der Waals surface area contributed by atoms with Crippen LogP contribution in [0.2, 0.25) is 0 Å². The summed E-state index contributed by atoms with van der Waals surface area (Å²) in [6.45, 7) is 2.23. The molecule has 0 atom stereocenters. The lowest BCUT2D eigenvalue weighted by Gasteiger charge is -2.05. The summed E-state index contributed by atoms with van der Waals surface area (Å²) in [7, 11) is 0. The van der Waals surface area contributed by atoms with Crippen LogP contribution in [0.4, 0.5) is 0 Å². The summed E-state index contributed by atoms with van der Waals surface area (Å²) < 4.78 is 0. The number of carbonyl (C=O) groups is 2. The maximum Gasteiger partial charge on any atom is 0.244 e. The van der Waals surface area contributed by atoms with Crippen molar-refractivity contribution in [2.45, 2.75) is 110 Å². The summed E-state index contributed by atoms with van der Waals surface area (Å²) >= 11 is 0. The van der Waals surface area contributed by atoms with Crippen LogP contribution in [0.15, 0.2) is 11.6 Å². The quantitative estimate of drug-likeness (QED) is 0.264. The first kappa shape index (κ1) is 23.7. The highest BCUT2D eigenvalue weighted by atomic mass is 16.1. The maximum absolute atomic E-state index is 11.5. The third-order valence-corrected chi connectivity index (χ3v) is 4.63. The molecule has 146 valence electrons. The molecule has 4 nitrogen and oxygen atoms in total. The molecule has 0 radical (unpaired) electrons. The zero-order chi connectivity index (χ0) is 18.8. The minimum atomic E-state index is -0.252. The van der Waals surface area contributed by atoms with Crippen molar-refractivity contribution in [2.75, 3.05) is 0 Å². The Morgan fingerprint density at radius 1 is 0.680 bits per heavy atom. The van der Waals surface area contributed by atoms with Gasteiger partial charge in [0.2, 0.25) is 11.8 Å². The molecule has 0 heterocycles. The predicted molar refractivity (Wildman–Crippen MR) is 106 cm³/mol. The van der Waals surface area contributed by atoms with Gasteiger partial charge in [-0.25, -0.2) is 0 Å². The number of primary amides is 2. The maximum atomic E-state index is 11.5. The molecule has 0 spiro atoms. The van der Waals surface area contributed by atoms with Crippen molar-refractivity contribution in [2.24, 2.45) is 11.5 Å². The molecule has 0 saturated heterocycles. The average molecular weight is 353 g/mol. The number of amides is 2. The van der Waals surface area contributed by atoms with Crippen molar-refractivity contribution < 1.29 is 9.59 Å². The molecule has 0 fully saturated rings. The molecule has 0 aliphatic carbocycles. The van der Waals surface area contributed by atoms with Crippen LogP contribution >= 0.6 is 0 Å². The van der Waals surface area contributed by atoms with Gasteiger partial charge in [-0.15, -0.1) is 0 Å². The van der Waals surface area contributed by atoms with Crippen LogP contribution in [0.1, 0.15) is 110 Å². The van der Waals surface area contributed by atoms with Crippen LogP contribution in [-0.4, -0.2) is 11.8 Å². The lowest BCUT2D eigenvalue weighted by Crippen LogP contribution is -2.14. The first-order chi connectivity index (χ1) is 12.1. The van der Waals surface area contributed by atoms with Crippen molar-refractivity contribution in [3.8, 4) is 0 Å². The third-order valence-electron chi connectivity index (χ3n) is 4.63. The highest BCUT2D eigenvalue weighted by Crippen LogP contribution is 2.15. The van der Waals surface area contributed by atoms with Gasteiger partial charge in [-0.3, -0.25) is 9.59 Å². The molecule has 4 N–H and O–H groups in total. The van der Waals surface area contributed by atoms with E-state index in [0.717, 1.165) is 56.9 Å². The SMILES string of the molecule is CCCCCCCCC=C(CCCCCCCCCC(N)=O)C(N)=O. The number of hydrogen-bond donors (Lipinski definition) is 2. The van der Waals surface area contributed by atoms with E-state index in [0.29, 0.717) is 6.42 Å². The van der Waals surface area contributed by atoms with Gasteiger partial charge in [-0.2, -0.15) is 0 Å². The van der Waals surface area contributed by atoms with E-state index in [1.54, 1.807) is 0 Å². The third kappa shape index (κ3) is 17.3. The highest BCUT2D eigenvalue weighted by Gasteiger charge is 2.04. The Labute approximate surface area is 154 Å². The zero-order valence-corrected chi connectivity index (χ0v) is 16.4. The molecule has 25 heavy (non-hydrogen) atoms. The summed E-state index contributed by atoms with van der Waals surface area (Å²) in [5, 5.41) is 0. The van der Waals surface area contributed by atoms with Crippen LogP contribution < -0.4 is 11.5 Å². The number of allylic oxidation sites excluding steroid dienone is 1. The van der Waals surface area contributed by atoms with Gasteiger partial charge < -0.3 is 11.5 Å². The lowest BCUT2D eigenvalue weighted by atomic mass is 10.0. The summed E-state index contributed by atoms with van der Waals surface area (Å²) in [6, 6.07) is 0. The average Bonchev–Trinajstić information content (AvgIpc) is 2.57. The lowest BCUT2D eigenvalue weighted by molar-refractivity contribution is -0.118. The molecule has 0 aromatic heterocycles. The molecule has 0 unspecified atom stereocenters. The van der Waals surface area contributed by atoms with Crippen LogP contribution in [-0.2, 0) is 9.59 Å². The minimum absolute atomic E-state index is 0.202. The Hall–Kier alpha value is -1.32. The van der Waals surface area contributed by atoms with Crippen LogP contribution in [0, 0.1) is 0 Å². The number of nitrogens with two attached hydrogens (primary N) is 2. The van der Waals surface area contributed by atoms with Gasteiger partial charge in [-0.1, -0.05) is 77.2 Å². The largest absolute Gasteiger partial charge is 0.370 e. The van der Waals surface area contributed by atoms with Crippen LogP contribution in [0.5, 0.6) is 0 Å². The van der Waals surface area contributed by atoms with Gasteiger partial charge in [0.25, 0.3) is 0 Å². The molecule has 0 bridgehead atoms. The number of hydrogen-bond acceptors (Lipinski definition) is 2. The Kier molecular flexibility index (Phi) is 16.6. The molecule has 0 aliphatic rings. The first-order valence-electron chi connectivity index (χ1n) is 10.3. The summed E-state index contributed by atoms with van der Waals surface area (Å²) in [5.74, 6) is -0.454. The molecule has 0 aliphatic heterocycles. The normalized spacial score (nSPS) is 11.6. The summed E-state index contributed by atoms with van der Waals surface area (Å²) in [6.07, 6.45) is 19.7. The second kappa shape index (κ2) is 17.5. The van der Waals surface area contributed by atoms with Crippen molar-refractivity contribution >= 4 is 11.8 Å². The highest BCUT2D eigenvalue weighted by molar-refractivity contribution is 5.91. The Morgan fingerprint density at radius 3 is 1.68 bits per heavy atom. The first-order valence-corrected chi connectivity index (χ1v) is 10.3. The van der Waals surface area contributed by atoms with E-state index in [1.165, 1.54) is 44.9 Å². The van der Waals surface area contributed by atoms with Crippen molar-refractivity contribution in [1.29, 1.82) is 0 Å². The fourth-order valence-electron chi connectivity index (χ4n) is 3.03. The van der Waals surface area contributed by atoms with E-state index in [2.05, 4.69) is 13.0 Å². The number of unbranched alkanes of at least 4 members (excludes halogenated alkanes) is 12. The number of carbonyl (C=O) groups excluding carboxylic acids is 2. The van der Waals surface area contributed by atoms with Crippen molar-refractivity contribution in [3.63, 3.8) is 0 Å². The van der Waals surface area contributed by atoms with E-state index in [1.807, 2.05) is 0 Å². The monoisotopic (exact) mass is 352 g/mol. The topological polar surface area (TPSA) is 86.2 Å². The van der Waals surface area contributed by atoms with E-state index in [-0.39, 0.29) is 11.8 Å². The van der Waals surface area contributed by atoms with Gasteiger partial charge >= 0.3 is 0 Å². The van der Waals surface area contributed by atoms with E-state index in [4.69, 9.17) is 11.5 Å². The Morgan fingerprint density at radius 2 is 1.16 bits per heavy atom. The van der Waals surface area contributed by atoms with E-state index >= 15 is 0 Å². The molecule has 4 heteroatoms. The minimum Gasteiger partial charge on any atom is -0.370 e. The second-order valence-corrected chi connectivity index (χ2v) is 7.09. The fraction of sp³-hybridized carbons (Fsp3) is 0.810. The van der Waals surface area contributed by atoms with Gasteiger partial charge in [0.05, 0.1) is 0 Å². The smallest absolute Gasteiger partial charge is 0.244 e. The summed E-state index contributed by atoms with van der Waals surface area (Å²) in [4.78, 5) is 22.1. The predicted octanol–water partition coefficient (Wildman–Crippen LogP) is 5.14. The Bertz CT molecular complexity index is 378. The Balaban J connectivity index is 3.64. The summed E-state index contributed by atoms with van der Waals surface area (Å²) in [5.41, 5.74) is 11.4. The van der Waals surface area contributed by atoms with Crippen LogP contribution in [0.3, 0.4) is 0 Å².